The van der Waals surface area contributed by atoms with Gasteiger partial charge < -0.3 is 10.6 Å². The van der Waals surface area contributed by atoms with Crippen LogP contribution in [0.4, 0.5) is 15.6 Å². The van der Waals surface area contributed by atoms with E-state index in [4.69, 9.17) is 0 Å². The highest BCUT2D eigenvalue weighted by Crippen LogP contribution is 2.27. The Morgan fingerprint density at radius 2 is 1.78 bits per heavy atom. The molecule has 2 atom stereocenters. The van der Waals surface area contributed by atoms with E-state index in [0.29, 0.717) is 15.8 Å². The molecule has 1 aromatic heterocycles. The smallest absolute Gasteiger partial charge is 0.319 e. The molecule has 0 fully saturated rings. The number of aromatic nitrogens is 2. The Labute approximate surface area is 200 Å². The maximum absolute atomic E-state index is 13.0. The molecule has 3 aromatic rings. The van der Waals surface area contributed by atoms with Crippen molar-refractivity contribution in [3.8, 4) is 10.6 Å². The van der Waals surface area contributed by atoms with Gasteiger partial charge in [-0.3, -0.25) is 10.1 Å². The van der Waals surface area contributed by atoms with Gasteiger partial charge in [-0.05, 0) is 49.1 Å². The average Bonchev–Trinajstić information content (AvgIpc) is 3.23. The van der Waals surface area contributed by atoms with E-state index in [1.807, 2.05) is 70.2 Å². The molecule has 3 N–H and O–H groups in total. The van der Waals surface area contributed by atoms with Gasteiger partial charge in [-0.15, -0.1) is 10.2 Å². The Morgan fingerprint density at radius 1 is 1.06 bits per heavy atom. The lowest BCUT2D eigenvalue weighted by Crippen LogP contribution is -2.49. The number of hydrogen-bond acceptors (Lipinski definition) is 5. The third-order valence-corrected chi connectivity index (χ3v) is 6.80. The fourth-order valence-corrected chi connectivity index (χ4v) is 4.07. The summed E-state index contributed by atoms with van der Waals surface area (Å²) in [4.78, 5) is 25.6. The van der Waals surface area contributed by atoms with E-state index in [1.54, 1.807) is 0 Å². The lowest BCUT2D eigenvalue weighted by Gasteiger charge is -2.23. The molecule has 0 saturated heterocycles. The van der Waals surface area contributed by atoms with Crippen LogP contribution < -0.4 is 16.0 Å². The van der Waals surface area contributed by atoms with Crippen molar-refractivity contribution in [1.82, 2.24) is 15.5 Å². The predicted octanol–water partition coefficient (Wildman–Crippen LogP) is 5.76. The van der Waals surface area contributed by atoms with Crippen LogP contribution in [0.15, 0.2) is 46.9 Å². The monoisotopic (exact) mass is 515 g/mol. The minimum absolute atomic E-state index is 0.0711. The molecule has 9 heteroatoms. The van der Waals surface area contributed by atoms with Gasteiger partial charge in [0, 0.05) is 15.7 Å². The van der Waals surface area contributed by atoms with Crippen molar-refractivity contribution in [2.75, 3.05) is 10.6 Å². The number of anilines is 2. The van der Waals surface area contributed by atoms with Crippen LogP contribution >= 0.6 is 27.3 Å². The maximum atomic E-state index is 13.0. The fourth-order valence-electron chi connectivity index (χ4n) is 3.05. The Hall–Kier alpha value is -2.78. The molecule has 0 aliphatic rings. The Balaban J connectivity index is 1.69. The first-order chi connectivity index (χ1) is 15.3. The zero-order valence-electron chi connectivity index (χ0n) is 18.4. The first kappa shape index (κ1) is 23.9. The summed E-state index contributed by atoms with van der Waals surface area (Å²) in [7, 11) is 0. The van der Waals surface area contributed by atoms with Gasteiger partial charge in [0.2, 0.25) is 11.0 Å². The topological polar surface area (TPSA) is 96.0 Å². The number of urea groups is 1. The molecule has 0 aliphatic heterocycles. The van der Waals surface area contributed by atoms with Crippen molar-refractivity contribution in [2.24, 2.45) is 5.92 Å². The van der Waals surface area contributed by atoms with E-state index in [0.717, 1.165) is 27.6 Å². The number of carbonyl (C=O) groups excluding carboxylic acids is 2. The van der Waals surface area contributed by atoms with Gasteiger partial charge in [0.15, 0.2) is 0 Å². The van der Waals surface area contributed by atoms with Crippen molar-refractivity contribution in [3.63, 3.8) is 0 Å². The average molecular weight is 516 g/mol. The van der Waals surface area contributed by atoms with Crippen LogP contribution in [0.2, 0.25) is 0 Å². The van der Waals surface area contributed by atoms with Crippen LogP contribution in [-0.2, 0) is 4.79 Å². The second-order valence-corrected chi connectivity index (χ2v) is 9.51. The molecular weight excluding hydrogens is 490 g/mol. The van der Waals surface area contributed by atoms with Crippen LogP contribution in [0.3, 0.4) is 0 Å². The number of nitrogens with zero attached hydrogens (tertiary/aromatic N) is 2. The summed E-state index contributed by atoms with van der Waals surface area (Å²) >= 11 is 4.69. The van der Waals surface area contributed by atoms with Gasteiger partial charge in [0.25, 0.3) is 0 Å². The molecule has 0 spiro atoms. The number of benzene rings is 2. The number of aryl methyl sites for hydroxylation is 1. The first-order valence-corrected chi connectivity index (χ1v) is 11.9. The summed E-state index contributed by atoms with van der Waals surface area (Å²) in [5, 5.41) is 17.8. The minimum Gasteiger partial charge on any atom is -0.326 e. The number of hydrogen-bond donors (Lipinski definition) is 3. The van der Waals surface area contributed by atoms with E-state index in [9.17, 15) is 9.59 Å². The second-order valence-electron chi connectivity index (χ2n) is 7.62. The van der Waals surface area contributed by atoms with Crippen LogP contribution in [0.1, 0.15) is 31.4 Å². The zero-order chi connectivity index (χ0) is 23.3. The Bertz CT molecular complexity index is 1100. The molecule has 3 rings (SSSR count). The molecule has 0 aliphatic carbocycles. The molecule has 3 amide bonds. The summed E-state index contributed by atoms with van der Waals surface area (Å²) in [6, 6.07) is 12.3. The molecule has 2 aromatic carbocycles. The fraction of sp³-hybridized carbons (Fsp3) is 0.304. The van der Waals surface area contributed by atoms with E-state index in [1.165, 1.54) is 11.3 Å². The molecule has 32 heavy (non-hydrogen) atoms. The normalized spacial score (nSPS) is 12.7. The van der Waals surface area contributed by atoms with Crippen LogP contribution in [0.25, 0.3) is 10.6 Å². The highest BCUT2D eigenvalue weighted by atomic mass is 79.9. The largest absolute Gasteiger partial charge is 0.326 e. The summed E-state index contributed by atoms with van der Waals surface area (Å²) < 4.78 is 0.973. The van der Waals surface area contributed by atoms with Gasteiger partial charge >= 0.3 is 6.03 Å². The molecule has 168 valence electrons. The second kappa shape index (κ2) is 10.7. The predicted molar refractivity (Wildman–Crippen MR) is 133 cm³/mol. The Kier molecular flexibility index (Phi) is 7.98. The van der Waals surface area contributed by atoms with Gasteiger partial charge in [-0.25, -0.2) is 4.79 Å². The lowest BCUT2D eigenvalue weighted by atomic mass is 9.98. The molecule has 1 heterocycles. The Morgan fingerprint density at radius 3 is 2.47 bits per heavy atom. The van der Waals surface area contributed by atoms with E-state index in [-0.39, 0.29) is 11.8 Å². The number of rotatable bonds is 7. The van der Waals surface area contributed by atoms with Gasteiger partial charge in [-0.2, -0.15) is 0 Å². The first-order valence-electron chi connectivity index (χ1n) is 10.3. The summed E-state index contributed by atoms with van der Waals surface area (Å²) in [6.45, 7) is 7.84. The van der Waals surface area contributed by atoms with Crippen LogP contribution in [0, 0.1) is 19.8 Å². The molecule has 0 radical (unpaired) electrons. The molecular formula is C23H26BrN5O2S. The van der Waals surface area contributed by atoms with Gasteiger partial charge in [0.05, 0.1) is 0 Å². The number of carbonyl (C=O) groups is 2. The molecule has 7 nitrogen and oxygen atoms in total. The highest BCUT2D eigenvalue weighted by Gasteiger charge is 2.27. The number of amides is 3. The van der Waals surface area contributed by atoms with E-state index < -0.39 is 12.1 Å². The minimum atomic E-state index is -0.717. The van der Waals surface area contributed by atoms with E-state index in [2.05, 4.69) is 42.1 Å². The third kappa shape index (κ3) is 5.92. The standard InChI is InChI=1S/C23H26BrN5O2S/c1-5-13(2)19(26-22(31)25-18-8-6-7-14(3)15(18)4)20(30)27-23-29-28-21(32-23)16-9-11-17(24)12-10-16/h6-13,19H,5H2,1-4H3,(H2,25,26,31)(H,27,29,30). The number of halogens is 1. The van der Waals surface area contributed by atoms with Crippen LogP contribution in [0.5, 0.6) is 0 Å². The molecule has 0 saturated carbocycles. The van der Waals surface area contributed by atoms with Gasteiger partial charge in [0.1, 0.15) is 11.0 Å². The van der Waals surface area contributed by atoms with Crippen molar-refractivity contribution >= 4 is 50.0 Å². The van der Waals surface area contributed by atoms with E-state index >= 15 is 0 Å². The molecule has 0 bridgehead atoms. The van der Waals surface area contributed by atoms with Gasteiger partial charge in [-0.1, -0.05) is 71.8 Å². The SMILES string of the molecule is CCC(C)C(NC(=O)Nc1cccc(C)c1C)C(=O)Nc1nnc(-c2ccc(Br)cc2)s1. The lowest BCUT2D eigenvalue weighted by molar-refractivity contribution is -0.119. The van der Waals surface area contributed by atoms with Crippen LogP contribution in [-0.4, -0.2) is 28.2 Å². The number of nitrogens with one attached hydrogen (secondary N) is 3. The maximum Gasteiger partial charge on any atom is 0.319 e. The summed E-state index contributed by atoms with van der Waals surface area (Å²) in [6.07, 6.45) is 0.724. The quantitative estimate of drug-likeness (QED) is 0.372. The van der Waals surface area contributed by atoms with Crippen molar-refractivity contribution < 1.29 is 9.59 Å². The zero-order valence-corrected chi connectivity index (χ0v) is 20.8. The van der Waals surface area contributed by atoms with Crippen molar-refractivity contribution in [3.05, 3.63) is 58.1 Å². The summed E-state index contributed by atoms with van der Waals surface area (Å²) in [5.74, 6) is -0.396. The van der Waals surface area contributed by atoms with Crippen molar-refractivity contribution in [2.45, 2.75) is 40.2 Å². The highest BCUT2D eigenvalue weighted by molar-refractivity contribution is 9.10. The van der Waals surface area contributed by atoms with Crippen molar-refractivity contribution in [1.29, 1.82) is 0 Å². The summed E-state index contributed by atoms with van der Waals surface area (Å²) in [5.41, 5.74) is 3.70. The third-order valence-electron chi connectivity index (χ3n) is 5.38. The molecule has 2 unspecified atom stereocenters.